The lowest BCUT2D eigenvalue weighted by molar-refractivity contribution is 0.0952. The van der Waals surface area contributed by atoms with Crippen molar-refractivity contribution in [2.24, 2.45) is 5.92 Å². The first-order chi connectivity index (χ1) is 7.79. The third-order valence-electron chi connectivity index (χ3n) is 2.85. The molecular weight excluding hydrogens is 236 g/mol. The van der Waals surface area contributed by atoms with Gasteiger partial charge in [0.1, 0.15) is 0 Å². The van der Waals surface area contributed by atoms with E-state index < -0.39 is 0 Å². The third kappa shape index (κ3) is 4.36. The van der Waals surface area contributed by atoms with Crippen LogP contribution in [0, 0.1) is 5.92 Å². The Bertz CT molecular complexity index is 360. The largest absolute Gasteiger partial charge is 0.352 e. The van der Waals surface area contributed by atoms with Crippen molar-refractivity contribution < 1.29 is 4.79 Å². The van der Waals surface area contributed by atoms with Gasteiger partial charge >= 0.3 is 0 Å². The van der Waals surface area contributed by atoms with Gasteiger partial charge in [0.25, 0.3) is 5.91 Å². The molecule has 0 radical (unpaired) electrons. The third-order valence-corrected chi connectivity index (χ3v) is 2.85. The highest BCUT2D eigenvalue weighted by atomic mass is 35.5. The number of amides is 1. The predicted molar refractivity (Wildman–Crippen MR) is 71.5 cm³/mol. The van der Waals surface area contributed by atoms with Crippen molar-refractivity contribution in [1.29, 1.82) is 0 Å². The normalized spacial score (nSPS) is 13.9. The van der Waals surface area contributed by atoms with Gasteiger partial charge < -0.3 is 10.6 Å². The fraction of sp³-hybridized carbons (Fsp3) is 0.462. The van der Waals surface area contributed by atoms with Crippen LogP contribution in [0.3, 0.4) is 0 Å². The number of carbonyl (C=O) groups excluding carboxylic acids is 1. The lowest BCUT2D eigenvalue weighted by Gasteiger charge is -2.05. The summed E-state index contributed by atoms with van der Waals surface area (Å²) in [5.41, 5.74) is 1.95. The summed E-state index contributed by atoms with van der Waals surface area (Å²) in [6, 6.07) is 7.74. The summed E-state index contributed by atoms with van der Waals surface area (Å²) < 4.78 is 0. The average Bonchev–Trinajstić information content (AvgIpc) is 3.11. The molecule has 1 aliphatic rings. The predicted octanol–water partition coefficient (Wildman–Crippen LogP) is 1.97. The molecule has 1 saturated carbocycles. The molecule has 0 saturated heterocycles. The molecule has 1 aromatic rings. The van der Waals surface area contributed by atoms with Crippen LogP contribution in [-0.4, -0.2) is 19.5 Å². The Morgan fingerprint density at radius 1 is 1.29 bits per heavy atom. The Morgan fingerprint density at radius 2 is 1.94 bits per heavy atom. The van der Waals surface area contributed by atoms with Gasteiger partial charge in [-0.2, -0.15) is 0 Å². The Balaban J connectivity index is 0.00000144. The van der Waals surface area contributed by atoms with Crippen molar-refractivity contribution >= 4 is 18.3 Å². The van der Waals surface area contributed by atoms with Gasteiger partial charge in [0.05, 0.1) is 0 Å². The van der Waals surface area contributed by atoms with Crippen LogP contribution in [0.25, 0.3) is 0 Å². The van der Waals surface area contributed by atoms with Crippen molar-refractivity contribution in [1.82, 2.24) is 10.6 Å². The van der Waals surface area contributed by atoms with E-state index in [2.05, 4.69) is 10.6 Å². The monoisotopic (exact) mass is 254 g/mol. The number of rotatable bonds is 5. The second-order valence-electron chi connectivity index (χ2n) is 4.38. The summed E-state index contributed by atoms with van der Waals surface area (Å²) in [5, 5.41) is 6.04. The van der Waals surface area contributed by atoms with E-state index in [0.29, 0.717) is 0 Å². The number of hydrogen-bond acceptors (Lipinski definition) is 2. The standard InChI is InChI=1S/C13H18N2O.ClH/c1-14-8-10-4-6-12(7-5-10)13(16)15-9-11-2-3-11;/h4-7,11,14H,2-3,8-9H2,1H3,(H,15,16);1H. The maximum atomic E-state index is 11.7. The SMILES string of the molecule is CNCc1ccc(C(=O)NCC2CC2)cc1.Cl. The zero-order valence-electron chi connectivity index (χ0n) is 10.0. The van der Waals surface area contributed by atoms with E-state index in [1.165, 1.54) is 18.4 Å². The molecule has 1 amide bonds. The highest BCUT2D eigenvalue weighted by Crippen LogP contribution is 2.27. The number of hydrogen-bond donors (Lipinski definition) is 2. The van der Waals surface area contributed by atoms with Gasteiger partial charge in [-0.3, -0.25) is 4.79 Å². The van der Waals surface area contributed by atoms with Crippen molar-refractivity contribution in [3.05, 3.63) is 35.4 Å². The van der Waals surface area contributed by atoms with Crippen molar-refractivity contribution in [3.63, 3.8) is 0 Å². The molecule has 1 fully saturated rings. The molecule has 0 spiro atoms. The van der Waals surface area contributed by atoms with E-state index in [4.69, 9.17) is 0 Å². The molecule has 2 rings (SSSR count). The molecule has 17 heavy (non-hydrogen) atoms. The summed E-state index contributed by atoms with van der Waals surface area (Å²) in [4.78, 5) is 11.7. The van der Waals surface area contributed by atoms with Crippen LogP contribution in [0.15, 0.2) is 24.3 Å². The van der Waals surface area contributed by atoms with Crippen LogP contribution in [0.5, 0.6) is 0 Å². The topological polar surface area (TPSA) is 41.1 Å². The molecule has 1 aromatic carbocycles. The average molecular weight is 255 g/mol. The molecule has 0 atom stereocenters. The van der Waals surface area contributed by atoms with Gasteiger partial charge in [-0.25, -0.2) is 0 Å². The van der Waals surface area contributed by atoms with Crippen LogP contribution in [0.4, 0.5) is 0 Å². The number of carbonyl (C=O) groups is 1. The van der Waals surface area contributed by atoms with Gasteiger partial charge in [-0.1, -0.05) is 12.1 Å². The van der Waals surface area contributed by atoms with Crippen LogP contribution in [0.2, 0.25) is 0 Å². The zero-order chi connectivity index (χ0) is 11.4. The first-order valence-electron chi connectivity index (χ1n) is 5.81. The van der Waals surface area contributed by atoms with Gasteiger partial charge in [0, 0.05) is 18.7 Å². The van der Waals surface area contributed by atoms with E-state index in [1.54, 1.807) is 0 Å². The Morgan fingerprint density at radius 3 is 2.47 bits per heavy atom. The van der Waals surface area contributed by atoms with E-state index in [9.17, 15) is 4.79 Å². The van der Waals surface area contributed by atoms with Gasteiger partial charge in [0.15, 0.2) is 0 Å². The van der Waals surface area contributed by atoms with E-state index in [-0.39, 0.29) is 18.3 Å². The molecule has 4 heteroatoms. The molecule has 0 heterocycles. The van der Waals surface area contributed by atoms with Gasteiger partial charge in [0.2, 0.25) is 0 Å². The zero-order valence-corrected chi connectivity index (χ0v) is 10.8. The summed E-state index contributed by atoms with van der Waals surface area (Å²) in [5.74, 6) is 0.774. The minimum absolute atomic E-state index is 0. The first-order valence-corrected chi connectivity index (χ1v) is 5.81. The van der Waals surface area contributed by atoms with Crippen molar-refractivity contribution in [2.45, 2.75) is 19.4 Å². The Labute approximate surface area is 108 Å². The number of halogens is 1. The molecule has 0 aliphatic heterocycles. The molecule has 1 aliphatic carbocycles. The Hall–Kier alpha value is -1.06. The van der Waals surface area contributed by atoms with E-state index in [0.717, 1.165) is 24.6 Å². The summed E-state index contributed by atoms with van der Waals surface area (Å²) in [6.45, 7) is 1.67. The van der Waals surface area contributed by atoms with Crippen molar-refractivity contribution in [2.75, 3.05) is 13.6 Å². The van der Waals surface area contributed by atoms with Crippen LogP contribution >= 0.6 is 12.4 Å². The molecule has 2 N–H and O–H groups in total. The molecular formula is C13H19ClN2O. The van der Waals surface area contributed by atoms with Crippen LogP contribution in [-0.2, 0) is 6.54 Å². The molecule has 3 nitrogen and oxygen atoms in total. The number of benzene rings is 1. The molecule has 0 bridgehead atoms. The minimum Gasteiger partial charge on any atom is -0.352 e. The van der Waals surface area contributed by atoms with E-state index >= 15 is 0 Å². The maximum absolute atomic E-state index is 11.7. The second-order valence-corrected chi connectivity index (χ2v) is 4.38. The number of nitrogens with one attached hydrogen (secondary N) is 2. The lowest BCUT2D eigenvalue weighted by Crippen LogP contribution is -2.25. The van der Waals surface area contributed by atoms with Crippen LogP contribution in [0.1, 0.15) is 28.8 Å². The fourth-order valence-electron chi connectivity index (χ4n) is 1.64. The molecule has 0 aromatic heterocycles. The fourth-order valence-corrected chi connectivity index (χ4v) is 1.64. The molecule has 0 unspecified atom stereocenters. The summed E-state index contributed by atoms with van der Waals surface area (Å²) in [6.07, 6.45) is 2.53. The molecule has 94 valence electrons. The van der Waals surface area contributed by atoms with Crippen LogP contribution < -0.4 is 10.6 Å². The smallest absolute Gasteiger partial charge is 0.251 e. The van der Waals surface area contributed by atoms with E-state index in [1.807, 2.05) is 31.3 Å². The minimum atomic E-state index is 0. The Kier molecular flexibility index (Phi) is 5.45. The van der Waals surface area contributed by atoms with Gasteiger partial charge in [-0.15, -0.1) is 12.4 Å². The second kappa shape index (κ2) is 6.62. The van der Waals surface area contributed by atoms with Gasteiger partial charge in [-0.05, 0) is 43.5 Å². The summed E-state index contributed by atoms with van der Waals surface area (Å²) in [7, 11) is 1.91. The first kappa shape index (κ1) is 14.0. The summed E-state index contributed by atoms with van der Waals surface area (Å²) >= 11 is 0. The highest BCUT2D eigenvalue weighted by molar-refractivity contribution is 5.94. The highest BCUT2D eigenvalue weighted by Gasteiger charge is 2.21. The van der Waals surface area contributed by atoms with Crippen molar-refractivity contribution in [3.8, 4) is 0 Å². The lowest BCUT2D eigenvalue weighted by atomic mass is 10.1. The quantitative estimate of drug-likeness (QED) is 0.844. The maximum Gasteiger partial charge on any atom is 0.251 e.